The van der Waals surface area contributed by atoms with E-state index in [1.807, 2.05) is 18.7 Å². The monoisotopic (exact) mass is 284 g/mol. The lowest BCUT2D eigenvalue weighted by Gasteiger charge is -2.11. The summed E-state index contributed by atoms with van der Waals surface area (Å²) in [5, 5.41) is 14.7. The van der Waals surface area contributed by atoms with Crippen molar-refractivity contribution >= 4 is 23.1 Å². The molecule has 1 N–H and O–H groups in total. The van der Waals surface area contributed by atoms with E-state index in [1.165, 1.54) is 6.07 Å². The first-order valence-electron chi connectivity index (χ1n) is 6.26. The maximum absolute atomic E-state index is 10.9. The molecular weight excluding hydrogens is 264 g/mol. The average Bonchev–Trinajstić information content (AvgIpc) is 2.38. The van der Waals surface area contributed by atoms with Crippen LogP contribution in [-0.4, -0.2) is 29.6 Å². The SMILES string of the molecule is CCOc1cc(NCCC(C)SC)ccc1[N+](=O)[O-]. The van der Waals surface area contributed by atoms with Crippen molar-refractivity contribution in [3.8, 4) is 5.75 Å². The maximum atomic E-state index is 10.9. The summed E-state index contributed by atoms with van der Waals surface area (Å²) in [4.78, 5) is 10.4. The van der Waals surface area contributed by atoms with Gasteiger partial charge in [-0.15, -0.1) is 0 Å². The van der Waals surface area contributed by atoms with Gasteiger partial charge in [0, 0.05) is 29.6 Å². The fourth-order valence-electron chi connectivity index (χ4n) is 1.58. The van der Waals surface area contributed by atoms with E-state index in [0.29, 0.717) is 17.6 Å². The number of hydrogen-bond acceptors (Lipinski definition) is 5. The van der Waals surface area contributed by atoms with E-state index in [4.69, 9.17) is 4.74 Å². The van der Waals surface area contributed by atoms with E-state index in [-0.39, 0.29) is 5.69 Å². The highest BCUT2D eigenvalue weighted by molar-refractivity contribution is 7.99. The highest BCUT2D eigenvalue weighted by atomic mass is 32.2. The molecule has 1 unspecified atom stereocenters. The van der Waals surface area contributed by atoms with Crippen molar-refractivity contribution in [3.63, 3.8) is 0 Å². The molecule has 1 aromatic rings. The van der Waals surface area contributed by atoms with E-state index < -0.39 is 4.92 Å². The molecule has 0 radical (unpaired) electrons. The number of rotatable bonds is 8. The summed E-state index contributed by atoms with van der Waals surface area (Å²) >= 11 is 1.82. The number of thioether (sulfide) groups is 1. The van der Waals surface area contributed by atoms with E-state index in [1.54, 1.807) is 12.1 Å². The molecule has 0 bridgehead atoms. The molecule has 1 atom stereocenters. The molecule has 0 saturated carbocycles. The summed E-state index contributed by atoms with van der Waals surface area (Å²) in [6, 6.07) is 4.88. The standard InChI is InChI=1S/C13H20N2O3S/c1-4-18-13-9-11(5-6-12(13)15(16)17)14-8-7-10(2)19-3/h5-6,9-10,14H,4,7-8H2,1-3H3. The lowest BCUT2D eigenvalue weighted by Crippen LogP contribution is -2.08. The molecule has 0 aromatic heterocycles. The second-order valence-corrected chi connectivity index (χ2v) is 5.41. The third-order valence-electron chi connectivity index (χ3n) is 2.74. The van der Waals surface area contributed by atoms with E-state index >= 15 is 0 Å². The fraction of sp³-hybridized carbons (Fsp3) is 0.538. The number of nitrogens with zero attached hydrogens (tertiary/aromatic N) is 1. The second-order valence-electron chi connectivity index (χ2n) is 4.13. The third kappa shape index (κ3) is 4.98. The second kappa shape index (κ2) is 7.89. The number of nitro groups is 1. The van der Waals surface area contributed by atoms with Crippen LogP contribution in [0.2, 0.25) is 0 Å². The molecule has 19 heavy (non-hydrogen) atoms. The number of nitrogens with one attached hydrogen (secondary N) is 1. The molecular formula is C13H20N2O3S. The Morgan fingerprint density at radius 3 is 2.84 bits per heavy atom. The van der Waals surface area contributed by atoms with Crippen molar-refractivity contribution in [2.45, 2.75) is 25.5 Å². The molecule has 0 spiro atoms. The number of hydrogen-bond donors (Lipinski definition) is 1. The Morgan fingerprint density at radius 2 is 2.26 bits per heavy atom. The molecule has 0 aliphatic rings. The zero-order valence-corrected chi connectivity index (χ0v) is 12.3. The summed E-state index contributed by atoms with van der Waals surface area (Å²) in [7, 11) is 0. The predicted molar refractivity (Wildman–Crippen MR) is 80.3 cm³/mol. The minimum atomic E-state index is -0.426. The van der Waals surface area contributed by atoms with Gasteiger partial charge in [-0.3, -0.25) is 10.1 Å². The van der Waals surface area contributed by atoms with Crippen molar-refractivity contribution < 1.29 is 9.66 Å². The van der Waals surface area contributed by atoms with Crippen LogP contribution in [0.25, 0.3) is 0 Å². The van der Waals surface area contributed by atoms with Crippen molar-refractivity contribution in [1.29, 1.82) is 0 Å². The van der Waals surface area contributed by atoms with Gasteiger partial charge in [-0.05, 0) is 25.7 Å². The van der Waals surface area contributed by atoms with Gasteiger partial charge in [-0.2, -0.15) is 11.8 Å². The molecule has 0 aliphatic carbocycles. The normalized spacial score (nSPS) is 11.9. The molecule has 5 nitrogen and oxygen atoms in total. The van der Waals surface area contributed by atoms with Crippen molar-refractivity contribution in [2.75, 3.05) is 24.7 Å². The zero-order chi connectivity index (χ0) is 14.3. The molecule has 0 heterocycles. The lowest BCUT2D eigenvalue weighted by molar-refractivity contribution is -0.385. The molecule has 6 heteroatoms. The minimum Gasteiger partial charge on any atom is -0.487 e. The van der Waals surface area contributed by atoms with E-state index in [2.05, 4.69) is 18.5 Å². The minimum absolute atomic E-state index is 0.00452. The Kier molecular flexibility index (Phi) is 6.49. The lowest BCUT2D eigenvalue weighted by atomic mass is 10.2. The molecule has 1 aromatic carbocycles. The van der Waals surface area contributed by atoms with Crippen molar-refractivity contribution in [2.24, 2.45) is 0 Å². The van der Waals surface area contributed by atoms with Crippen LogP contribution in [0, 0.1) is 10.1 Å². The molecule has 106 valence electrons. The van der Waals surface area contributed by atoms with Crippen LogP contribution in [0.5, 0.6) is 5.75 Å². The smallest absolute Gasteiger partial charge is 0.311 e. The van der Waals surface area contributed by atoms with Gasteiger partial charge < -0.3 is 10.1 Å². The topological polar surface area (TPSA) is 64.4 Å². The van der Waals surface area contributed by atoms with Crippen molar-refractivity contribution in [3.05, 3.63) is 28.3 Å². The highest BCUT2D eigenvalue weighted by Gasteiger charge is 2.15. The van der Waals surface area contributed by atoms with E-state index in [9.17, 15) is 10.1 Å². The van der Waals surface area contributed by atoms with Gasteiger partial charge in [0.25, 0.3) is 0 Å². The van der Waals surface area contributed by atoms with Gasteiger partial charge >= 0.3 is 5.69 Å². The van der Waals surface area contributed by atoms with Crippen LogP contribution < -0.4 is 10.1 Å². The first-order chi connectivity index (χ1) is 9.08. The Hall–Kier alpha value is -1.43. The average molecular weight is 284 g/mol. The molecule has 1 rings (SSSR count). The summed E-state index contributed by atoms with van der Waals surface area (Å²) in [6.07, 6.45) is 3.13. The maximum Gasteiger partial charge on any atom is 0.311 e. The van der Waals surface area contributed by atoms with Crippen LogP contribution in [0.4, 0.5) is 11.4 Å². The van der Waals surface area contributed by atoms with Crippen LogP contribution in [0.1, 0.15) is 20.3 Å². The van der Waals surface area contributed by atoms with E-state index in [0.717, 1.165) is 18.7 Å². The zero-order valence-electron chi connectivity index (χ0n) is 11.5. The number of benzene rings is 1. The Morgan fingerprint density at radius 1 is 1.53 bits per heavy atom. The van der Waals surface area contributed by atoms with Gasteiger partial charge in [-0.25, -0.2) is 0 Å². The summed E-state index contributed by atoms with van der Waals surface area (Å²) in [6.45, 7) is 5.23. The molecule has 0 aliphatic heterocycles. The van der Waals surface area contributed by atoms with Gasteiger partial charge in [-0.1, -0.05) is 6.92 Å². The first-order valence-corrected chi connectivity index (χ1v) is 7.55. The van der Waals surface area contributed by atoms with Crippen molar-refractivity contribution in [1.82, 2.24) is 0 Å². The van der Waals surface area contributed by atoms with Crippen LogP contribution >= 0.6 is 11.8 Å². The number of anilines is 1. The molecule has 0 saturated heterocycles. The predicted octanol–water partition coefficient (Wildman–Crippen LogP) is 3.55. The Balaban J connectivity index is 2.69. The largest absolute Gasteiger partial charge is 0.487 e. The first kappa shape index (κ1) is 15.6. The molecule has 0 amide bonds. The third-order valence-corrected chi connectivity index (χ3v) is 3.78. The summed E-state index contributed by atoms with van der Waals surface area (Å²) in [5.74, 6) is 0.315. The van der Waals surface area contributed by atoms with Gasteiger partial charge in [0.15, 0.2) is 5.75 Å². The number of ether oxygens (including phenoxy) is 1. The number of nitro benzene ring substituents is 1. The van der Waals surface area contributed by atoms with Gasteiger partial charge in [0.05, 0.1) is 11.5 Å². The Labute approximate surface area is 117 Å². The van der Waals surface area contributed by atoms with Gasteiger partial charge in [0.1, 0.15) is 0 Å². The molecule has 0 fully saturated rings. The van der Waals surface area contributed by atoms with Gasteiger partial charge in [0.2, 0.25) is 0 Å². The van der Waals surface area contributed by atoms with Crippen LogP contribution in [-0.2, 0) is 0 Å². The highest BCUT2D eigenvalue weighted by Crippen LogP contribution is 2.30. The quantitative estimate of drug-likeness (QED) is 0.584. The fourth-order valence-corrected chi connectivity index (χ4v) is 1.94. The van der Waals surface area contributed by atoms with Crippen LogP contribution in [0.3, 0.4) is 0 Å². The summed E-state index contributed by atoms with van der Waals surface area (Å²) in [5.41, 5.74) is 0.854. The van der Waals surface area contributed by atoms with Crippen LogP contribution in [0.15, 0.2) is 18.2 Å². The Bertz CT molecular complexity index is 426. The summed E-state index contributed by atoms with van der Waals surface area (Å²) < 4.78 is 5.30.